The first kappa shape index (κ1) is 28.6. The third-order valence-electron chi connectivity index (χ3n) is 4.28. The highest BCUT2D eigenvalue weighted by Crippen LogP contribution is 2.28. The minimum absolute atomic E-state index is 0.0673. The van der Waals surface area contributed by atoms with Gasteiger partial charge in [-0.25, -0.2) is 0 Å². The minimum atomic E-state index is -2.40. The summed E-state index contributed by atoms with van der Waals surface area (Å²) in [5.41, 5.74) is -0.549. The highest BCUT2D eigenvalue weighted by Gasteiger charge is 2.44. The van der Waals surface area contributed by atoms with E-state index in [9.17, 15) is 10.2 Å². The molecule has 0 aliphatic heterocycles. The lowest BCUT2D eigenvalue weighted by Crippen LogP contribution is -2.56. The van der Waals surface area contributed by atoms with E-state index in [0.29, 0.717) is 19.6 Å². The van der Waals surface area contributed by atoms with E-state index in [-0.39, 0.29) is 13.2 Å². The van der Waals surface area contributed by atoms with E-state index < -0.39 is 39.2 Å². The summed E-state index contributed by atoms with van der Waals surface area (Å²) < 4.78 is 25.4. The smallest absolute Gasteiger partial charge is 0.315 e. The average Bonchev–Trinajstić information content (AvgIpc) is 2.46. The van der Waals surface area contributed by atoms with Crippen molar-refractivity contribution < 1.29 is 27.3 Å². The second kappa shape index (κ2) is 11.3. The molecule has 170 valence electrons. The molecule has 6 nitrogen and oxygen atoms in total. The first-order chi connectivity index (χ1) is 12.5. The van der Waals surface area contributed by atoms with Crippen LogP contribution < -0.4 is 0 Å². The molecular formula is C18H46O6Si4. The maximum Gasteiger partial charge on any atom is 0.315 e. The van der Waals surface area contributed by atoms with Crippen molar-refractivity contribution in [3.63, 3.8) is 0 Å². The Labute approximate surface area is 177 Å². The van der Waals surface area contributed by atoms with Crippen LogP contribution in [0.4, 0.5) is 0 Å². The Balaban J connectivity index is 4.90. The van der Waals surface area contributed by atoms with Crippen molar-refractivity contribution in [2.24, 2.45) is 5.41 Å². The number of ether oxygens (including phenoxy) is 1. The van der Waals surface area contributed by atoms with Crippen LogP contribution in [0.15, 0.2) is 0 Å². The third kappa shape index (κ3) is 12.4. The van der Waals surface area contributed by atoms with Gasteiger partial charge in [-0.1, -0.05) is 6.92 Å². The van der Waals surface area contributed by atoms with Crippen LogP contribution in [0.1, 0.15) is 19.8 Å². The van der Waals surface area contributed by atoms with E-state index >= 15 is 0 Å². The highest BCUT2D eigenvalue weighted by molar-refractivity contribution is 6.89. The fraction of sp³-hybridized carbons (Fsp3) is 1.00. The van der Waals surface area contributed by atoms with Crippen LogP contribution in [0.3, 0.4) is 0 Å². The molecule has 0 aromatic heterocycles. The normalized spacial score (nSPS) is 16.3. The lowest BCUT2D eigenvalue weighted by Gasteiger charge is -2.41. The number of aliphatic hydroxyl groups is 2. The molecule has 0 saturated heterocycles. The molecule has 1 unspecified atom stereocenters. The topological polar surface area (TPSA) is 77.4 Å². The molecule has 0 rings (SSSR count). The summed E-state index contributed by atoms with van der Waals surface area (Å²) in [5.74, 6) is 0. The number of hydrogen-bond acceptors (Lipinski definition) is 6. The van der Waals surface area contributed by atoms with E-state index in [1.165, 1.54) is 0 Å². The van der Waals surface area contributed by atoms with E-state index in [4.69, 9.17) is 17.1 Å². The van der Waals surface area contributed by atoms with Crippen molar-refractivity contribution in [3.05, 3.63) is 0 Å². The van der Waals surface area contributed by atoms with Crippen LogP contribution in [0, 0.1) is 5.41 Å². The van der Waals surface area contributed by atoms with Gasteiger partial charge < -0.3 is 27.3 Å². The quantitative estimate of drug-likeness (QED) is 0.275. The van der Waals surface area contributed by atoms with Crippen molar-refractivity contribution in [1.82, 2.24) is 0 Å². The molecule has 0 fully saturated rings. The SMILES string of the molecule is CCC(CO)(CO)COCCC[Si](C)(O[Si](C)(C)C)O[Si](C)(C)O[Si](C)(C)C. The standard InChI is InChI=1S/C18H46O6Si4/c1-11-18(15-19,16-20)17-21-13-12-14-28(10,23-26(5,6)7)24-27(8,9)22-25(2,3)4/h19-20H,11-17H2,1-10H3. The van der Waals surface area contributed by atoms with Crippen molar-refractivity contribution in [2.45, 2.75) is 84.7 Å². The summed E-state index contributed by atoms with van der Waals surface area (Å²) in [6, 6.07) is 0.847. The van der Waals surface area contributed by atoms with E-state index in [1.54, 1.807) is 0 Å². The maximum absolute atomic E-state index is 9.54. The number of rotatable bonds is 15. The lowest BCUT2D eigenvalue weighted by molar-refractivity contribution is -0.0298. The second-order valence-electron chi connectivity index (χ2n) is 10.4. The minimum Gasteiger partial charge on any atom is -0.437 e. The molecule has 0 amide bonds. The van der Waals surface area contributed by atoms with E-state index in [0.717, 1.165) is 12.5 Å². The monoisotopic (exact) mass is 470 g/mol. The van der Waals surface area contributed by atoms with Gasteiger partial charge in [0, 0.05) is 12.0 Å². The molecule has 28 heavy (non-hydrogen) atoms. The van der Waals surface area contributed by atoms with Gasteiger partial charge in [0.25, 0.3) is 0 Å². The highest BCUT2D eigenvalue weighted by atomic mass is 28.5. The van der Waals surface area contributed by atoms with Gasteiger partial charge in [0.1, 0.15) is 0 Å². The van der Waals surface area contributed by atoms with E-state index in [2.05, 4.69) is 58.9 Å². The molecule has 0 aromatic rings. The second-order valence-corrected chi connectivity index (χ2v) is 26.9. The number of aliphatic hydroxyl groups excluding tert-OH is 2. The molecule has 0 spiro atoms. The fourth-order valence-corrected chi connectivity index (χ4v) is 21.2. The molecule has 2 N–H and O–H groups in total. The lowest BCUT2D eigenvalue weighted by atomic mass is 9.88. The third-order valence-corrected chi connectivity index (χ3v) is 17.8. The average molecular weight is 471 g/mol. The van der Waals surface area contributed by atoms with Crippen molar-refractivity contribution >= 4 is 33.8 Å². The van der Waals surface area contributed by atoms with Gasteiger partial charge >= 0.3 is 17.1 Å². The van der Waals surface area contributed by atoms with Crippen LogP contribution in [0.2, 0.25) is 65.0 Å². The first-order valence-corrected chi connectivity index (χ1v) is 22.6. The molecule has 0 saturated carbocycles. The van der Waals surface area contributed by atoms with Gasteiger partial charge in [0.2, 0.25) is 0 Å². The Kier molecular flexibility index (Phi) is 11.6. The first-order valence-electron chi connectivity index (χ1n) is 10.4. The van der Waals surface area contributed by atoms with Gasteiger partial charge in [-0.3, -0.25) is 0 Å². The zero-order chi connectivity index (χ0) is 22.3. The molecular weight excluding hydrogens is 425 g/mol. The van der Waals surface area contributed by atoms with E-state index in [1.807, 2.05) is 6.92 Å². The zero-order valence-corrected chi connectivity index (χ0v) is 24.0. The van der Waals surface area contributed by atoms with Crippen molar-refractivity contribution in [2.75, 3.05) is 26.4 Å². The molecule has 0 radical (unpaired) electrons. The summed E-state index contributed by atoms with van der Waals surface area (Å²) in [4.78, 5) is 0. The van der Waals surface area contributed by atoms with Crippen molar-refractivity contribution in [1.29, 1.82) is 0 Å². The molecule has 0 aromatic carbocycles. The van der Waals surface area contributed by atoms with Gasteiger partial charge in [0.15, 0.2) is 16.6 Å². The predicted octanol–water partition coefficient (Wildman–Crippen LogP) is 4.27. The summed E-state index contributed by atoms with van der Waals surface area (Å²) >= 11 is 0. The Morgan fingerprint density at radius 3 is 1.64 bits per heavy atom. The Hall–Kier alpha value is 0.628. The molecule has 0 aliphatic rings. The molecule has 1 atom stereocenters. The van der Waals surface area contributed by atoms with Crippen LogP contribution in [0.25, 0.3) is 0 Å². The predicted molar refractivity (Wildman–Crippen MR) is 126 cm³/mol. The van der Waals surface area contributed by atoms with Gasteiger partial charge in [-0.15, -0.1) is 0 Å². The summed E-state index contributed by atoms with van der Waals surface area (Å²) in [7, 11) is -8.12. The molecule has 0 heterocycles. The van der Waals surface area contributed by atoms with Crippen LogP contribution in [-0.2, 0) is 17.1 Å². The Morgan fingerprint density at radius 2 is 1.25 bits per heavy atom. The largest absolute Gasteiger partial charge is 0.437 e. The molecule has 0 aliphatic carbocycles. The Bertz CT molecular complexity index is 438. The summed E-state index contributed by atoms with van der Waals surface area (Å²) in [6.45, 7) is 22.3. The van der Waals surface area contributed by atoms with Gasteiger partial charge in [0.05, 0.1) is 19.8 Å². The summed E-state index contributed by atoms with van der Waals surface area (Å²) in [6.07, 6.45) is 1.52. The van der Waals surface area contributed by atoms with Gasteiger partial charge in [-0.05, 0) is 77.8 Å². The zero-order valence-electron chi connectivity index (χ0n) is 20.0. The van der Waals surface area contributed by atoms with Gasteiger partial charge in [-0.2, -0.15) is 0 Å². The van der Waals surface area contributed by atoms with Crippen LogP contribution in [0.5, 0.6) is 0 Å². The maximum atomic E-state index is 9.54. The van der Waals surface area contributed by atoms with Crippen molar-refractivity contribution in [3.8, 4) is 0 Å². The summed E-state index contributed by atoms with van der Waals surface area (Å²) in [5, 5.41) is 19.1. The molecule has 0 bridgehead atoms. The molecule has 10 heteroatoms. The number of hydrogen-bond donors (Lipinski definition) is 2. The van der Waals surface area contributed by atoms with Crippen LogP contribution in [-0.4, -0.2) is 70.4 Å². The fourth-order valence-electron chi connectivity index (χ4n) is 3.30. The van der Waals surface area contributed by atoms with Crippen LogP contribution >= 0.6 is 0 Å². The Morgan fingerprint density at radius 1 is 0.750 bits per heavy atom.